The van der Waals surface area contributed by atoms with Gasteiger partial charge in [0.1, 0.15) is 0 Å². The van der Waals surface area contributed by atoms with E-state index in [-0.39, 0.29) is 5.78 Å². The highest BCUT2D eigenvalue weighted by molar-refractivity contribution is 6.04. The maximum absolute atomic E-state index is 12.0. The quantitative estimate of drug-likeness (QED) is 0.538. The molecule has 0 amide bonds. The number of fused-ring (bicyclic) bond motifs is 1. The van der Waals surface area contributed by atoms with Crippen LogP contribution in [0.1, 0.15) is 33.8 Å². The first kappa shape index (κ1) is 4.80. The van der Waals surface area contributed by atoms with Crippen LogP contribution in [-0.4, -0.2) is 5.78 Å². The van der Waals surface area contributed by atoms with Gasteiger partial charge < -0.3 is 0 Å². The number of carbonyl (C=O) groups excluding carboxylic acids is 1. The minimum absolute atomic E-state index is 0.252. The molecule has 0 bridgehead atoms. The second-order valence-corrected chi connectivity index (χ2v) is 3.50. The summed E-state index contributed by atoms with van der Waals surface area (Å²) in [6.45, 7) is -0.703. The predicted octanol–water partition coefficient (Wildman–Crippen LogP) is 2.45. The molecule has 1 heteroatoms. The van der Waals surface area contributed by atoms with Crippen molar-refractivity contribution >= 4 is 5.78 Å². The van der Waals surface area contributed by atoms with Gasteiger partial charge in [0.05, 0.1) is 0 Å². The molecule has 0 saturated carbocycles. The lowest BCUT2D eigenvalue weighted by Gasteiger charge is -2.12. The minimum Gasteiger partial charge on any atom is -0.294 e. The van der Waals surface area contributed by atoms with E-state index in [0.717, 1.165) is 5.56 Å². The van der Waals surface area contributed by atoms with Gasteiger partial charge >= 0.3 is 0 Å². The van der Waals surface area contributed by atoms with Crippen LogP contribution in [-0.2, 0) is 6.42 Å². The van der Waals surface area contributed by atoms with Crippen molar-refractivity contribution in [3.63, 3.8) is 0 Å². The van der Waals surface area contributed by atoms with Crippen molar-refractivity contribution in [1.82, 2.24) is 0 Å². The summed E-state index contributed by atoms with van der Waals surface area (Å²) in [7, 11) is 0. The molecule has 1 atom stereocenters. The first-order valence-corrected chi connectivity index (χ1v) is 3.99. The summed E-state index contributed by atoms with van der Waals surface area (Å²) < 4.78 is 22.3. The second kappa shape index (κ2) is 2.19. The standard InChI is InChI=1S/C11H12O/c1-11(2)7-8-5-3-4-6-9(8)10(11)12/h3-6H,7H2,1-2H3/i1+1D3. The topological polar surface area (TPSA) is 17.1 Å². The predicted molar refractivity (Wildman–Crippen MR) is 48.3 cm³/mol. The number of carbonyl (C=O) groups is 1. The molecule has 1 unspecified atom stereocenters. The van der Waals surface area contributed by atoms with Gasteiger partial charge in [0.2, 0.25) is 0 Å². The van der Waals surface area contributed by atoms with E-state index < -0.39 is 12.3 Å². The van der Waals surface area contributed by atoms with E-state index in [9.17, 15) is 4.79 Å². The van der Waals surface area contributed by atoms with Crippen molar-refractivity contribution in [3.8, 4) is 0 Å². The molecular weight excluding hydrogens is 149 g/mol. The number of Topliss-reactive ketones (excluding diaryl/α,β-unsaturated/α-hetero) is 1. The number of hydrogen-bond donors (Lipinski definition) is 0. The number of ketones is 1. The van der Waals surface area contributed by atoms with Gasteiger partial charge in [-0.15, -0.1) is 0 Å². The normalized spacial score (nSPS) is 32.1. The monoisotopic (exact) mass is 164 g/mol. The molecule has 0 aliphatic heterocycles. The van der Waals surface area contributed by atoms with E-state index in [1.807, 2.05) is 12.1 Å². The highest BCUT2D eigenvalue weighted by atomic mass is 16.1. The van der Waals surface area contributed by atoms with Crippen molar-refractivity contribution < 1.29 is 8.91 Å². The Morgan fingerprint density at radius 2 is 2.25 bits per heavy atom. The molecule has 1 aromatic carbocycles. The maximum atomic E-state index is 12.0. The van der Waals surface area contributed by atoms with Crippen molar-refractivity contribution in [3.05, 3.63) is 35.4 Å². The summed E-state index contributed by atoms with van der Waals surface area (Å²) in [5.41, 5.74) is 0.175. The van der Waals surface area contributed by atoms with Gasteiger partial charge in [-0.05, 0) is 12.0 Å². The lowest BCUT2D eigenvalue weighted by atomic mass is 9.96. The number of hydrogen-bond acceptors (Lipinski definition) is 1. The Hall–Kier alpha value is -1.11. The lowest BCUT2D eigenvalue weighted by molar-refractivity contribution is 0.0863. The maximum Gasteiger partial charge on any atom is 0.169 e. The van der Waals surface area contributed by atoms with Crippen LogP contribution in [0.4, 0.5) is 0 Å². The zero-order valence-corrected chi connectivity index (χ0v) is 6.92. The van der Waals surface area contributed by atoms with Crippen molar-refractivity contribution in [2.45, 2.75) is 20.2 Å². The van der Waals surface area contributed by atoms with Crippen molar-refractivity contribution in [2.75, 3.05) is 0 Å². The Morgan fingerprint density at radius 1 is 1.50 bits per heavy atom. The molecule has 0 fully saturated rings. The first-order valence-electron chi connectivity index (χ1n) is 5.49. The molecule has 1 aliphatic carbocycles. The van der Waals surface area contributed by atoms with Crippen LogP contribution in [0, 0.1) is 5.41 Å². The van der Waals surface area contributed by atoms with Gasteiger partial charge in [-0.3, -0.25) is 4.79 Å². The van der Waals surface area contributed by atoms with E-state index >= 15 is 0 Å². The van der Waals surface area contributed by atoms with Gasteiger partial charge in [-0.25, -0.2) is 0 Å². The average Bonchev–Trinajstić information content (AvgIpc) is 2.40. The van der Waals surface area contributed by atoms with Crippen molar-refractivity contribution in [2.24, 2.45) is 5.41 Å². The Labute approximate surface area is 76.6 Å². The molecule has 62 valence electrons. The van der Waals surface area contributed by atoms with E-state index in [0.29, 0.717) is 12.0 Å². The summed E-state index contributed by atoms with van der Waals surface area (Å²) in [6.07, 6.45) is 0.318. The number of rotatable bonds is 0. The van der Waals surface area contributed by atoms with Gasteiger partial charge in [-0.1, -0.05) is 38.0 Å². The molecule has 12 heavy (non-hydrogen) atoms. The van der Waals surface area contributed by atoms with Gasteiger partial charge in [0, 0.05) is 15.1 Å². The zero-order chi connectivity index (χ0) is 11.3. The van der Waals surface area contributed by atoms with E-state index in [4.69, 9.17) is 4.11 Å². The van der Waals surface area contributed by atoms with Crippen LogP contribution in [0.2, 0.25) is 0 Å². The van der Waals surface area contributed by atoms with Crippen LogP contribution in [0.3, 0.4) is 0 Å². The molecular formula is C11H12O. The zero-order valence-electron chi connectivity index (χ0n) is 9.92. The Morgan fingerprint density at radius 3 is 2.92 bits per heavy atom. The fourth-order valence-electron chi connectivity index (χ4n) is 1.65. The minimum atomic E-state index is -2.23. The first-order chi connectivity index (χ1) is 6.86. The third-order valence-corrected chi connectivity index (χ3v) is 2.31. The molecule has 0 aromatic heterocycles. The number of benzene rings is 1. The van der Waals surface area contributed by atoms with Gasteiger partial charge in [0.25, 0.3) is 0 Å². The second-order valence-electron chi connectivity index (χ2n) is 3.50. The molecule has 2 rings (SSSR count). The molecule has 1 aliphatic rings. The van der Waals surface area contributed by atoms with Gasteiger partial charge in [-0.2, -0.15) is 0 Å². The molecule has 0 spiro atoms. The summed E-state index contributed by atoms with van der Waals surface area (Å²) in [5.74, 6) is -0.252. The van der Waals surface area contributed by atoms with Crippen LogP contribution in [0.15, 0.2) is 24.3 Å². The fraction of sp³-hybridized carbons (Fsp3) is 0.364. The Balaban J connectivity index is 2.52. The largest absolute Gasteiger partial charge is 0.294 e. The van der Waals surface area contributed by atoms with Crippen molar-refractivity contribution in [1.29, 1.82) is 0 Å². The van der Waals surface area contributed by atoms with Crippen LogP contribution in [0.5, 0.6) is 0 Å². The van der Waals surface area contributed by atoms with Crippen LogP contribution < -0.4 is 0 Å². The fourth-order valence-corrected chi connectivity index (χ4v) is 1.65. The summed E-state index contributed by atoms with van der Waals surface area (Å²) in [6, 6.07) is 7.12. The van der Waals surface area contributed by atoms with E-state index in [2.05, 4.69) is 0 Å². The average molecular weight is 164 g/mol. The molecule has 1 aromatic rings. The smallest absolute Gasteiger partial charge is 0.169 e. The summed E-state index contributed by atoms with van der Waals surface area (Å²) in [4.78, 5) is 12.0. The molecule has 0 radical (unpaired) electrons. The highest BCUT2D eigenvalue weighted by Crippen LogP contribution is 2.35. The summed E-state index contributed by atoms with van der Waals surface area (Å²) >= 11 is 0. The lowest BCUT2D eigenvalue weighted by Crippen LogP contribution is -2.18. The highest BCUT2D eigenvalue weighted by Gasteiger charge is 2.36. The SMILES string of the molecule is [2H][13C]([2H])([2H])C1(C)Cc2ccccc2C1=O. The van der Waals surface area contributed by atoms with Crippen LogP contribution >= 0.6 is 0 Å². The van der Waals surface area contributed by atoms with Crippen LogP contribution in [0.25, 0.3) is 0 Å². The molecule has 1 nitrogen and oxygen atoms in total. The Kier molecular flexibility index (Phi) is 0.877. The molecule has 0 N–H and O–H groups in total. The third kappa shape index (κ3) is 0.893. The van der Waals surface area contributed by atoms with Gasteiger partial charge in [0.15, 0.2) is 5.78 Å². The summed E-state index contributed by atoms with van der Waals surface area (Å²) in [5, 5.41) is 0. The molecule has 0 heterocycles. The third-order valence-electron chi connectivity index (χ3n) is 2.31. The van der Waals surface area contributed by atoms with E-state index in [1.165, 1.54) is 6.92 Å². The molecule has 0 saturated heterocycles. The van der Waals surface area contributed by atoms with E-state index in [1.54, 1.807) is 12.1 Å². The Bertz CT molecular complexity index is 422.